The molecule has 0 spiro atoms. The van der Waals surface area contributed by atoms with Crippen molar-refractivity contribution < 1.29 is 200 Å². The van der Waals surface area contributed by atoms with E-state index >= 15 is 0 Å². The molecule has 0 atom stereocenters. The second-order valence-corrected chi connectivity index (χ2v) is 13.6. The van der Waals surface area contributed by atoms with E-state index in [1.807, 2.05) is 0 Å². The molecule has 0 bridgehead atoms. The van der Waals surface area contributed by atoms with Crippen LogP contribution in [0.25, 0.3) is 0 Å². The molecule has 29 heteroatoms. The molecule has 21 nitrogen and oxygen atoms in total. The van der Waals surface area contributed by atoms with Gasteiger partial charge in [-0.05, 0) is 0 Å². The van der Waals surface area contributed by atoms with Crippen molar-refractivity contribution in [3.8, 4) is 0 Å². The van der Waals surface area contributed by atoms with E-state index in [-0.39, 0.29) is 39.0 Å². The van der Waals surface area contributed by atoms with E-state index in [1.165, 1.54) is 0 Å². The first-order chi connectivity index (χ1) is 11.1. The molecule has 0 aliphatic rings. The second kappa shape index (κ2) is 14.8. The summed E-state index contributed by atoms with van der Waals surface area (Å²) in [6.45, 7) is 0. The van der Waals surface area contributed by atoms with Gasteiger partial charge in [0.2, 0.25) is 0 Å². The van der Waals surface area contributed by atoms with E-state index < -0.39 is 81.7 Å². The van der Waals surface area contributed by atoms with Gasteiger partial charge in [0.15, 0.2) is 0 Å². The molecule has 2 radical (unpaired) electrons. The summed E-state index contributed by atoms with van der Waals surface area (Å²) in [6.07, 6.45) is 0. The molecule has 0 fully saturated rings. The Morgan fingerprint density at radius 2 is 0.379 bits per heavy atom. The molecule has 0 aromatic carbocycles. The van der Waals surface area contributed by atoms with Crippen molar-refractivity contribution in [2.45, 2.75) is 0 Å². The summed E-state index contributed by atoms with van der Waals surface area (Å²) in [5.41, 5.74) is 0. The van der Waals surface area contributed by atoms with Crippen molar-refractivity contribution in [2.75, 3.05) is 0 Å². The number of hydrogen-bond acceptors (Lipinski definition) is 21. The van der Waals surface area contributed by atoms with Gasteiger partial charge in [0.05, 0.1) is 0 Å². The molecule has 0 aliphatic carbocycles. The van der Waals surface area contributed by atoms with Gasteiger partial charge in [-0.2, -0.15) is 0 Å². The molecule has 0 saturated heterocycles. The van der Waals surface area contributed by atoms with Crippen LogP contribution >= 0.6 is 0 Å². The monoisotopic (exact) mass is 851 g/mol. The maximum atomic E-state index is 9.38. The minimum Gasteiger partial charge on any atom is 3.00 e. The maximum absolute atomic E-state index is 9.38. The van der Waals surface area contributed by atoms with Crippen molar-refractivity contribution >= 4 is 0 Å². The molecule has 0 N–H and O–H groups in total. The zero-order valence-corrected chi connectivity index (χ0v) is 22.9. The van der Waals surface area contributed by atoms with E-state index in [0.717, 1.165) is 0 Å². The predicted molar refractivity (Wildman–Crippen MR) is 11.5 cm³/mol. The third kappa shape index (κ3) is 58.7. The van der Waals surface area contributed by atoms with Gasteiger partial charge in [-0.3, -0.25) is 0 Å². The Kier molecular flexibility index (Phi) is 20.9. The summed E-state index contributed by atoms with van der Waals surface area (Å²) in [7, 11) is 0. The molecule has 178 valence electrons. The van der Waals surface area contributed by atoms with Crippen LogP contribution in [0.4, 0.5) is 0 Å². The van der Waals surface area contributed by atoms with Gasteiger partial charge in [-0.1, -0.05) is 0 Å². The zero-order chi connectivity index (χ0) is 23.1. The van der Waals surface area contributed by atoms with Crippen LogP contribution in [0.1, 0.15) is 0 Å². The molecule has 29 heavy (non-hydrogen) atoms. The Labute approximate surface area is 197 Å². The minimum absolute atomic E-state index is 0. The average Bonchev–Trinajstić information content (AvgIpc) is 1.96. The molecule has 0 aliphatic heterocycles. The van der Waals surface area contributed by atoms with Gasteiger partial charge in [-0.25, -0.2) is 0 Å². The van der Waals surface area contributed by atoms with Crippen LogP contribution in [0.3, 0.4) is 0 Å². The van der Waals surface area contributed by atoms with E-state index in [4.69, 9.17) is 0 Å². The summed E-state index contributed by atoms with van der Waals surface area (Å²) in [4.78, 5) is 0. The standard InChI is InChI=1S/6Cr.21O.2Ru/q;;;;;;;;;;;;;;;;;;;;;6*-1;2*+3. The summed E-state index contributed by atoms with van der Waals surface area (Å²) >= 11 is -36.4. The van der Waals surface area contributed by atoms with Crippen molar-refractivity contribution in [3.05, 3.63) is 0 Å². The van der Waals surface area contributed by atoms with Gasteiger partial charge in [0.1, 0.15) is 0 Å². The molecule has 0 aromatic heterocycles. The Balaban J connectivity index is -0.0000000960. The van der Waals surface area contributed by atoms with Crippen molar-refractivity contribution in [2.24, 2.45) is 0 Å². The van der Waals surface area contributed by atoms with Gasteiger partial charge in [-0.15, -0.1) is 0 Å². The summed E-state index contributed by atoms with van der Waals surface area (Å²) in [5, 5.41) is 0. The Morgan fingerprint density at radius 1 is 0.310 bits per heavy atom. The summed E-state index contributed by atoms with van der Waals surface area (Å²) in [5.74, 6) is 0. The van der Waals surface area contributed by atoms with Crippen LogP contribution in [0.5, 0.6) is 0 Å². The third-order valence-electron chi connectivity index (χ3n) is 0.500. The predicted octanol–water partition coefficient (Wildman–Crippen LogP) is -8.78. The van der Waals surface area contributed by atoms with Crippen LogP contribution < -0.4 is 24.9 Å². The third-order valence-corrected chi connectivity index (χ3v) is 8.50. The molecule has 0 unspecified atom stereocenters. The fraction of sp³-hybridized carbons (Fsp3) is 0. The van der Waals surface area contributed by atoms with Gasteiger partial charge >= 0.3 is 200 Å². The average molecular weight is 850 g/mol. The van der Waals surface area contributed by atoms with E-state index in [0.29, 0.717) is 0 Å². The molecule has 0 rings (SSSR count). The molecule has 0 amide bonds. The summed E-state index contributed by atoms with van der Waals surface area (Å²) < 4.78 is 177. The smallest absolute Gasteiger partial charge is 3.00 e. The van der Waals surface area contributed by atoms with Crippen LogP contribution in [-0.2, 0) is 175 Å². The fourth-order valence-corrected chi connectivity index (χ4v) is 5.21. The van der Waals surface area contributed by atoms with Gasteiger partial charge < -0.3 is 0 Å². The maximum Gasteiger partial charge on any atom is 3.00 e. The topological polar surface area (TPSA) is 371 Å². The molecule has 0 aromatic rings. The first kappa shape index (κ1) is 41.0. The van der Waals surface area contributed by atoms with Crippen LogP contribution in [-0.4, -0.2) is 0 Å². The largest absolute Gasteiger partial charge is 3.00 e. The normalized spacial score (nSPS) is 12.6. The molecule has 0 saturated carbocycles. The minimum atomic E-state index is -6.07. The van der Waals surface area contributed by atoms with E-state index in [2.05, 4.69) is 8.52 Å². The molecule has 0 heterocycles. The molecular formula is Cr6O21Ru2. The quantitative estimate of drug-likeness (QED) is 0.224. The van der Waals surface area contributed by atoms with Gasteiger partial charge in [0.25, 0.3) is 0 Å². The number of rotatable bonds is 6. The Morgan fingerprint density at radius 3 is 0.379 bits per heavy atom. The SMILES string of the molecule is [O]=[Cr](=[O])([O-])[O][Cr](=[O])(=[O])[O-].[O]=[Cr](=[O])([O-])[O][Cr](=[O])(=[O])[O-].[O]=[Cr](=[O])([O-])[O][Cr](=[O])(=[O])[O-].[Ru+3].[Ru+3]. The van der Waals surface area contributed by atoms with Crippen LogP contribution in [0.15, 0.2) is 0 Å². The first-order valence-corrected chi connectivity index (χ1v) is 16.5. The molecular weight excluding hydrogens is 850 g/mol. The van der Waals surface area contributed by atoms with Gasteiger partial charge in [0, 0.05) is 0 Å². The Bertz CT molecular complexity index is 854. The van der Waals surface area contributed by atoms with E-state index in [1.54, 1.807) is 0 Å². The van der Waals surface area contributed by atoms with Crippen LogP contribution in [0, 0.1) is 0 Å². The zero-order valence-electron chi connectivity index (χ0n) is 11.7. The van der Waals surface area contributed by atoms with Crippen molar-refractivity contribution in [1.29, 1.82) is 0 Å². The Hall–Kier alpha value is 1.68. The fourth-order valence-electron chi connectivity index (χ4n) is 0.306. The number of hydrogen-bond donors (Lipinski definition) is 0. The second-order valence-electron chi connectivity index (χ2n) is 2.65. The van der Waals surface area contributed by atoms with Crippen LogP contribution in [0.2, 0.25) is 0 Å². The van der Waals surface area contributed by atoms with Crippen molar-refractivity contribution in [3.63, 3.8) is 0 Å². The van der Waals surface area contributed by atoms with E-state index in [9.17, 15) is 70.6 Å². The first-order valence-electron chi connectivity index (χ1n) is 4.00. The summed E-state index contributed by atoms with van der Waals surface area (Å²) in [6, 6.07) is 0. The van der Waals surface area contributed by atoms with Crippen molar-refractivity contribution in [1.82, 2.24) is 0 Å².